The molecule has 0 spiro atoms. The van der Waals surface area contributed by atoms with E-state index in [2.05, 4.69) is 14.9 Å². The van der Waals surface area contributed by atoms with Gasteiger partial charge >= 0.3 is 0 Å². The van der Waals surface area contributed by atoms with Crippen molar-refractivity contribution in [3.05, 3.63) is 29.8 Å². The van der Waals surface area contributed by atoms with E-state index in [1.165, 1.54) is 6.07 Å². The molecule has 128 valence electrons. The van der Waals surface area contributed by atoms with Crippen LogP contribution in [-0.2, 0) is 14.8 Å². The van der Waals surface area contributed by atoms with Gasteiger partial charge in [-0.1, -0.05) is 6.07 Å². The third kappa shape index (κ3) is 6.55. The maximum Gasteiger partial charge on any atom is 0.251 e. The van der Waals surface area contributed by atoms with Gasteiger partial charge in [0.05, 0.1) is 19.5 Å². The first-order valence-corrected chi connectivity index (χ1v) is 9.49. The van der Waals surface area contributed by atoms with E-state index in [1.807, 2.05) is 0 Å². The maximum atomic E-state index is 12.1. The lowest BCUT2D eigenvalue weighted by Crippen LogP contribution is -2.38. The smallest absolute Gasteiger partial charge is 0.251 e. The number of morpholine rings is 1. The summed E-state index contributed by atoms with van der Waals surface area (Å²) >= 11 is 0. The number of benzene rings is 1. The van der Waals surface area contributed by atoms with Crippen LogP contribution in [0.2, 0.25) is 0 Å². The molecule has 1 aliphatic heterocycles. The highest BCUT2D eigenvalue weighted by atomic mass is 32.2. The van der Waals surface area contributed by atoms with E-state index in [4.69, 9.17) is 4.74 Å². The molecule has 1 saturated heterocycles. The zero-order valence-electron chi connectivity index (χ0n) is 13.2. The molecule has 0 bridgehead atoms. The van der Waals surface area contributed by atoms with Crippen LogP contribution in [0.15, 0.2) is 24.3 Å². The van der Waals surface area contributed by atoms with Gasteiger partial charge in [0.1, 0.15) is 0 Å². The van der Waals surface area contributed by atoms with Gasteiger partial charge in [0, 0.05) is 30.9 Å². The molecule has 1 aromatic carbocycles. The Hall–Kier alpha value is -1.64. The van der Waals surface area contributed by atoms with Gasteiger partial charge in [-0.05, 0) is 31.2 Å². The molecular weight excluding hydrogens is 318 g/mol. The summed E-state index contributed by atoms with van der Waals surface area (Å²) in [7, 11) is -3.35. The summed E-state index contributed by atoms with van der Waals surface area (Å²) in [5.41, 5.74) is 0.818. The summed E-state index contributed by atoms with van der Waals surface area (Å²) in [6.45, 7) is 4.93. The van der Waals surface area contributed by atoms with Crippen molar-refractivity contribution in [2.24, 2.45) is 0 Å². The Morgan fingerprint density at radius 3 is 2.74 bits per heavy atom. The second kappa shape index (κ2) is 8.28. The number of nitrogens with zero attached hydrogens (tertiary/aromatic N) is 1. The Labute approximate surface area is 137 Å². The van der Waals surface area contributed by atoms with Crippen LogP contribution in [0.5, 0.6) is 0 Å². The molecular formula is C15H23N3O4S. The predicted octanol–water partition coefficient (Wildman–Crippen LogP) is 0.510. The first-order chi connectivity index (χ1) is 10.9. The molecule has 0 radical (unpaired) electrons. The Balaban J connectivity index is 1.77. The van der Waals surface area contributed by atoms with Crippen LogP contribution in [0.1, 0.15) is 16.8 Å². The molecule has 1 heterocycles. The molecule has 0 aromatic heterocycles. The maximum absolute atomic E-state index is 12.1. The van der Waals surface area contributed by atoms with Crippen LogP contribution in [0, 0.1) is 0 Å². The third-order valence-electron chi connectivity index (χ3n) is 3.47. The topological polar surface area (TPSA) is 87.7 Å². The van der Waals surface area contributed by atoms with Crippen molar-refractivity contribution in [2.45, 2.75) is 6.42 Å². The summed E-state index contributed by atoms with van der Waals surface area (Å²) < 4.78 is 30.1. The quantitative estimate of drug-likeness (QED) is 0.706. The summed E-state index contributed by atoms with van der Waals surface area (Å²) in [6.07, 6.45) is 1.94. The molecule has 7 nitrogen and oxygen atoms in total. The van der Waals surface area contributed by atoms with Gasteiger partial charge in [0.25, 0.3) is 5.91 Å². The average molecular weight is 341 g/mol. The first kappa shape index (κ1) is 17.7. The van der Waals surface area contributed by atoms with Crippen molar-refractivity contribution in [1.29, 1.82) is 0 Å². The fourth-order valence-electron chi connectivity index (χ4n) is 2.37. The average Bonchev–Trinajstić information content (AvgIpc) is 2.51. The number of carbonyl (C=O) groups excluding carboxylic acids is 1. The van der Waals surface area contributed by atoms with Gasteiger partial charge in [-0.15, -0.1) is 0 Å². The van der Waals surface area contributed by atoms with E-state index >= 15 is 0 Å². The van der Waals surface area contributed by atoms with Crippen molar-refractivity contribution in [3.8, 4) is 0 Å². The lowest BCUT2D eigenvalue weighted by Gasteiger charge is -2.26. The molecule has 0 unspecified atom stereocenters. The molecule has 2 rings (SSSR count). The van der Waals surface area contributed by atoms with Crippen molar-refractivity contribution < 1.29 is 17.9 Å². The van der Waals surface area contributed by atoms with Gasteiger partial charge in [-0.3, -0.25) is 14.4 Å². The van der Waals surface area contributed by atoms with E-state index in [9.17, 15) is 13.2 Å². The Bertz CT molecular complexity index is 627. The monoisotopic (exact) mass is 341 g/mol. The third-order valence-corrected chi connectivity index (χ3v) is 4.07. The molecule has 1 aliphatic rings. The van der Waals surface area contributed by atoms with E-state index in [0.717, 1.165) is 45.5 Å². The SMILES string of the molecule is CS(=O)(=O)Nc1cccc(C(=O)NCCCN2CCOCC2)c1. The molecule has 2 N–H and O–H groups in total. The van der Waals surface area contributed by atoms with E-state index in [0.29, 0.717) is 17.8 Å². The van der Waals surface area contributed by atoms with Crippen LogP contribution < -0.4 is 10.0 Å². The number of rotatable bonds is 7. The minimum absolute atomic E-state index is 0.205. The van der Waals surface area contributed by atoms with E-state index in [-0.39, 0.29) is 5.91 Å². The van der Waals surface area contributed by atoms with E-state index in [1.54, 1.807) is 18.2 Å². The predicted molar refractivity (Wildman–Crippen MR) is 89.1 cm³/mol. The molecule has 0 atom stereocenters. The highest BCUT2D eigenvalue weighted by molar-refractivity contribution is 7.92. The normalized spacial score (nSPS) is 16.0. The van der Waals surface area contributed by atoms with Crippen LogP contribution in [0.25, 0.3) is 0 Å². The van der Waals surface area contributed by atoms with Crippen LogP contribution in [-0.4, -0.2) is 64.9 Å². The van der Waals surface area contributed by atoms with Gasteiger partial charge in [0.15, 0.2) is 0 Å². The van der Waals surface area contributed by atoms with E-state index < -0.39 is 10.0 Å². The number of anilines is 1. The number of amides is 1. The number of hydrogen-bond donors (Lipinski definition) is 2. The summed E-state index contributed by atoms with van der Waals surface area (Å²) in [5.74, 6) is -0.205. The second-order valence-corrected chi connectivity index (χ2v) is 7.27. The largest absolute Gasteiger partial charge is 0.379 e. The minimum atomic E-state index is -3.35. The summed E-state index contributed by atoms with van der Waals surface area (Å²) in [4.78, 5) is 14.4. The highest BCUT2D eigenvalue weighted by Crippen LogP contribution is 2.11. The van der Waals surface area contributed by atoms with Gasteiger partial charge in [0.2, 0.25) is 10.0 Å². The van der Waals surface area contributed by atoms with Crippen LogP contribution >= 0.6 is 0 Å². The van der Waals surface area contributed by atoms with Crippen LogP contribution in [0.3, 0.4) is 0 Å². The van der Waals surface area contributed by atoms with Gasteiger partial charge < -0.3 is 10.1 Å². The highest BCUT2D eigenvalue weighted by Gasteiger charge is 2.11. The van der Waals surface area contributed by atoms with Gasteiger partial charge in [-0.2, -0.15) is 0 Å². The Kier molecular flexibility index (Phi) is 6.37. The second-order valence-electron chi connectivity index (χ2n) is 5.52. The Morgan fingerprint density at radius 2 is 2.04 bits per heavy atom. The summed E-state index contributed by atoms with van der Waals surface area (Å²) in [5, 5.41) is 2.85. The number of sulfonamides is 1. The lowest BCUT2D eigenvalue weighted by molar-refractivity contribution is 0.0374. The molecule has 0 aliphatic carbocycles. The zero-order valence-corrected chi connectivity index (χ0v) is 14.1. The number of carbonyl (C=O) groups is 1. The standard InChI is InChI=1S/C15H23N3O4S/c1-23(20,21)17-14-5-2-4-13(12-14)15(19)16-6-3-7-18-8-10-22-11-9-18/h2,4-5,12,17H,3,6-11H2,1H3,(H,16,19). The van der Waals surface area contributed by atoms with Crippen molar-refractivity contribution in [2.75, 3.05) is 50.4 Å². The molecule has 1 aromatic rings. The number of ether oxygens (including phenoxy) is 1. The number of nitrogens with one attached hydrogen (secondary N) is 2. The molecule has 0 saturated carbocycles. The molecule has 8 heteroatoms. The fraction of sp³-hybridized carbons (Fsp3) is 0.533. The summed E-state index contributed by atoms with van der Waals surface area (Å²) in [6, 6.07) is 6.44. The van der Waals surface area contributed by atoms with Crippen molar-refractivity contribution in [3.63, 3.8) is 0 Å². The van der Waals surface area contributed by atoms with Crippen molar-refractivity contribution in [1.82, 2.24) is 10.2 Å². The van der Waals surface area contributed by atoms with Gasteiger partial charge in [-0.25, -0.2) is 8.42 Å². The lowest BCUT2D eigenvalue weighted by atomic mass is 10.2. The fourth-order valence-corrected chi connectivity index (χ4v) is 2.92. The Morgan fingerprint density at radius 1 is 1.30 bits per heavy atom. The molecule has 1 fully saturated rings. The zero-order chi connectivity index (χ0) is 16.7. The van der Waals surface area contributed by atoms with Crippen LogP contribution in [0.4, 0.5) is 5.69 Å². The molecule has 1 amide bonds. The first-order valence-electron chi connectivity index (χ1n) is 7.60. The minimum Gasteiger partial charge on any atom is -0.379 e. The van der Waals surface area contributed by atoms with Crippen molar-refractivity contribution >= 4 is 21.6 Å². The number of hydrogen-bond acceptors (Lipinski definition) is 5. The molecule has 23 heavy (non-hydrogen) atoms.